The molecule has 1 N–H and O–H groups in total. The monoisotopic (exact) mass is 513 g/mol. The number of aliphatic hydroxyl groups is 1. The number of aromatic nitrogens is 2. The summed E-state index contributed by atoms with van der Waals surface area (Å²) >= 11 is 0. The molecule has 0 saturated carbocycles. The smallest absolute Gasteiger partial charge is 0.406 e. The van der Waals surface area contributed by atoms with Crippen molar-refractivity contribution in [3.63, 3.8) is 0 Å². The Balaban J connectivity index is 1.64. The molecule has 3 aromatic rings. The average molecular weight is 513 g/mol. The number of piperidine rings is 1. The number of ether oxygens (including phenoxy) is 2. The third kappa shape index (κ3) is 5.99. The summed E-state index contributed by atoms with van der Waals surface area (Å²) in [4.78, 5) is 10.4. The van der Waals surface area contributed by atoms with E-state index in [4.69, 9.17) is 0 Å². The molecule has 192 valence electrons. The number of alkyl halides is 6. The van der Waals surface area contributed by atoms with Crippen molar-refractivity contribution < 1.29 is 40.9 Å². The highest BCUT2D eigenvalue weighted by Crippen LogP contribution is 2.43. The Morgan fingerprint density at radius 2 is 1.14 bits per heavy atom. The number of hydrogen-bond donors (Lipinski definition) is 1. The number of nitrogens with zero attached hydrogens (tertiary/aromatic N) is 3. The van der Waals surface area contributed by atoms with Gasteiger partial charge in [-0.15, -0.1) is 26.3 Å². The lowest BCUT2D eigenvalue weighted by Crippen LogP contribution is -2.44. The van der Waals surface area contributed by atoms with Gasteiger partial charge < -0.3 is 19.5 Å². The summed E-state index contributed by atoms with van der Waals surface area (Å²) in [5, 5.41) is 12.0. The molecule has 6 nitrogen and oxygen atoms in total. The second-order valence-electron chi connectivity index (χ2n) is 8.22. The van der Waals surface area contributed by atoms with Crippen molar-refractivity contribution in [1.29, 1.82) is 0 Å². The first kappa shape index (κ1) is 25.5. The molecule has 12 heteroatoms. The molecular formula is C24H21F6N3O3. The quantitative estimate of drug-likeness (QED) is 0.444. The third-order valence-electron chi connectivity index (χ3n) is 5.98. The molecule has 2 heterocycles. The normalized spacial score (nSPS) is 15.6. The number of halogens is 6. The van der Waals surface area contributed by atoms with Gasteiger partial charge in [-0.05, 0) is 60.2 Å². The topological polar surface area (TPSA) is 67.7 Å². The Bertz CT molecular complexity index is 1070. The van der Waals surface area contributed by atoms with E-state index in [0.717, 1.165) is 24.3 Å². The maximum absolute atomic E-state index is 12.6. The molecule has 0 unspecified atom stereocenters. The summed E-state index contributed by atoms with van der Waals surface area (Å²) < 4.78 is 83.4. The lowest BCUT2D eigenvalue weighted by Gasteiger charge is -2.42. The van der Waals surface area contributed by atoms with Crippen LogP contribution in [0.1, 0.15) is 24.0 Å². The Morgan fingerprint density at radius 3 is 1.53 bits per heavy atom. The predicted molar refractivity (Wildman–Crippen MR) is 116 cm³/mol. The Kier molecular flexibility index (Phi) is 6.98. The minimum absolute atomic E-state index is 0.274. The molecule has 0 amide bonds. The van der Waals surface area contributed by atoms with Gasteiger partial charge in [0, 0.05) is 25.5 Å². The summed E-state index contributed by atoms with van der Waals surface area (Å²) in [5.74, 6) is -0.805. The van der Waals surface area contributed by atoms with E-state index in [-0.39, 0.29) is 11.1 Å². The summed E-state index contributed by atoms with van der Waals surface area (Å²) in [6.45, 7) is 0.975. The molecule has 0 spiro atoms. The van der Waals surface area contributed by atoms with E-state index in [9.17, 15) is 31.4 Å². The second kappa shape index (κ2) is 9.84. The highest BCUT2D eigenvalue weighted by molar-refractivity contribution is 5.42. The fraction of sp³-hybridized carbons (Fsp3) is 0.333. The SMILES string of the molecule is OC(c1ccc(OC(F)(F)F)cc1)(c1ccc(OC(F)(F)F)cc1)C1CCN(c2ncccn2)CC1. The van der Waals surface area contributed by atoms with E-state index >= 15 is 0 Å². The van der Waals surface area contributed by atoms with Crippen LogP contribution < -0.4 is 14.4 Å². The van der Waals surface area contributed by atoms with Gasteiger partial charge in [-0.1, -0.05) is 24.3 Å². The van der Waals surface area contributed by atoms with E-state index in [1.807, 2.05) is 4.90 Å². The van der Waals surface area contributed by atoms with Crippen molar-refractivity contribution in [2.45, 2.75) is 31.2 Å². The van der Waals surface area contributed by atoms with Gasteiger partial charge >= 0.3 is 12.7 Å². The molecule has 1 fully saturated rings. The van der Waals surface area contributed by atoms with Gasteiger partial charge in [0.1, 0.15) is 17.1 Å². The van der Waals surface area contributed by atoms with Crippen LogP contribution in [0, 0.1) is 5.92 Å². The van der Waals surface area contributed by atoms with E-state index in [1.54, 1.807) is 18.5 Å². The van der Waals surface area contributed by atoms with Crippen LogP contribution in [0.3, 0.4) is 0 Å². The fourth-order valence-electron chi connectivity index (χ4n) is 4.41. The Hall–Kier alpha value is -3.54. The molecule has 2 aromatic carbocycles. The van der Waals surface area contributed by atoms with Crippen LogP contribution in [-0.2, 0) is 5.60 Å². The van der Waals surface area contributed by atoms with Crippen LogP contribution >= 0.6 is 0 Å². The van der Waals surface area contributed by atoms with Gasteiger partial charge in [-0.2, -0.15) is 0 Å². The maximum Gasteiger partial charge on any atom is 0.573 e. The standard InChI is InChI=1S/C24H21F6N3O3/c25-23(26,27)35-19-6-2-16(3-7-19)22(34,17-4-8-20(9-5-17)36-24(28,29)30)18-10-14-33(15-11-18)21-31-12-1-13-32-21/h1-9,12-13,18,34H,10-11,14-15H2. The molecule has 1 aliphatic rings. The van der Waals surface area contributed by atoms with E-state index in [1.165, 1.54) is 24.3 Å². The molecule has 1 saturated heterocycles. The summed E-state index contributed by atoms with van der Waals surface area (Å²) in [7, 11) is 0. The minimum Gasteiger partial charge on any atom is -0.406 e. The van der Waals surface area contributed by atoms with E-state index in [2.05, 4.69) is 19.4 Å². The van der Waals surface area contributed by atoms with Gasteiger partial charge in [0.15, 0.2) is 0 Å². The second-order valence-corrected chi connectivity index (χ2v) is 8.22. The van der Waals surface area contributed by atoms with E-state index < -0.39 is 35.7 Å². The van der Waals surface area contributed by atoms with Crippen molar-refractivity contribution >= 4 is 5.95 Å². The Morgan fingerprint density at radius 1 is 0.722 bits per heavy atom. The number of benzene rings is 2. The molecular weight excluding hydrogens is 492 g/mol. The van der Waals surface area contributed by atoms with Crippen LogP contribution in [0.15, 0.2) is 67.0 Å². The first-order chi connectivity index (χ1) is 16.9. The average Bonchev–Trinajstić information content (AvgIpc) is 2.83. The molecule has 1 aromatic heterocycles. The first-order valence-corrected chi connectivity index (χ1v) is 10.9. The van der Waals surface area contributed by atoms with Crippen molar-refractivity contribution in [2.75, 3.05) is 18.0 Å². The van der Waals surface area contributed by atoms with Crippen LogP contribution in [-0.4, -0.2) is 40.9 Å². The van der Waals surface area contributed by atoms with Gasteiger partial charge in [-0.25, -0.2) is 9.97 Å². The summed E-state index contributed by atoms with van der Waals surface area (Å²) in [5.41, 5.74) is -1.16. The van der Waals surface area contributed by atoms with Crippen molar-refractivity contribution in [1.82, 2.24) is 9.97 Å². The molecule has 0 aliphatic carbocycles. The molecule has 1 aliphatic heterocycles. The highest BCUT2D eigenvalue weighted by atomic mass is 19.4. The molecule has 0 radical (unpaired) electrons. The Labute approximate surface area is 202 Å². The zero-order valence-corrected chi connectivity index (χ0v) is 18.6. The van der Waals surface area contributed by atoms with Crippen LogP contribution in [0.4, 0.5) is 32.3 Å². The zero-order valence-electron chi connectivity index (χ0n) is 18.6. The lowest BCUT2D eigenvalue weighted by atomic mass is 9.72. The predicted octanol–water partition coefficient (Wildman–Crippen LogP) is 5.43. The fourth-order valence-corrected chi connectivity index (χ4v) is 4.41. The molecule has 36 heavy (non-hydrogen) atoms. The number of anilines is 1. The summed E-state index contributed by atoms with van der Waals surface area (Å²) in [6, 6.07) is 11.3. The van der Waals surface area contributed by atoms with Crippen LogP contribution in [0.5, 0.6) is 11.5 Å². The zero-order chi connectivity index (χ0) is 26.0. The van der Waals surface area contributed by atoms with E-state index in [0.29, 0.717) is 31.9 Å². The minimum atomic E-state index is -4.88. The number of hydrogen-bond acceptors (Lipinski definition) is 6. The maximum atomic E-state index is 12.6. The van der Waals surface area contributed by atoms with Crippen LogP contribution in [0.25, 0.3) is 0 Å². The summed E-state index contributed by atoms with van der Waals surface area (Å²) in [6.07, 6.45) is -5.62. The lowest BCUT2D eigenvalue weighted by molar-refractivity contribution is -0.275. The number of rotatable bonds is 6. The molecule has 0 bridgehead atoms. The first-order valence-electron chi connectivity index (χ1n) is 10.9. The molecule has 4 rings (SSSR count). The van der Waals surface area contributed by atoms with Gasteiger partial charge in [0.25, 0.3) is 0 Å². The van der Waals surface area contributed by atoms with Crippen LogP contribution in [0.2, 0.25) is 0 Å². The van der Waals surface area contributed by atoms with Crippen molar-refractivity contribution in [2.24, 2.45) is 5.92 Å². The molecule has 0 atom stereocenters. The third-order valence-corrected chi connectivity index (χ3v) is 5.98. The van der Waals surface area contributed by atoms with Gasteiger partial charge in [-0.3, -0.25) is 0 Å². The highest BCUT2D eigenvalue weighted by Gasteiger charge is 2.42. The largest absolute Gasteiger partial charge is 0.573 e. The van der Waals surface area contributed by atoms with Gasteiger partial charge in [0.2, 0.25) is 5.95 Å². The van der Waals surface area contributed by atoms with Gasteiger partial charge in [0.05, 0.1) is 0 Å². The van der Waals surface area contributed by atoms with Crippen molar-refractivity contribution in [3.05, 3.63) is 78.1 Å². The van der Waals surface area contributed by atoms with Crippen molar-refractivity contribution in [3.8, 4) is 11.5 Å².